The van der Waals surface area contributed by atoms with Crippen LogP contribution in [0.4, 0.5) is 13.2 Å². The summed E-state index contributed by atoms with van der Waals surface area (Å²) >= 11 is 0. The van der Waals surface area contributed by atoms with E-state index in [4.69, 9.17) is 0 Å². The first-order valence-electron chi connectivity index (χ1n) is 14.4. The Morgan fingerprint density at radius 3 is 2.02 bits per heavy atom. The van der Waals surface area contributed by atoms with Gasteiger partial charge in [0.25, 0.3) is 11.8 Å². The fourth-order valence-electron chi connectivity index (χ4n) is 6.42. The molecule has 6 rings (SSSR count). The van der Waals surface area contributed by atoms with Gasteiger partial charge in [-0.15, -0.1) is 0 Å². The van der Waals surface area contributed by atoms with Gasteiger partial charge in [-0.05, 0) is 61.4 Å². The molecule has 12 heteroatoms. The van der Waals surface area contributed by atoms with Crippen molar-refractivity contribution in [1.29, 1.82) is 0 Å². The molecule has 8 nitrogen and oxygen atoms in total. The number of rotatable bonds is 4. The molecule has 0 radical (unpaired) electrons. The number of halogens is 3. The zero-order chi connectivity index (χ0) is 29.6. The van der Waals surface area contributed by atoms with E-state index in [1.54, 1.807) is 28.8 Å². The smallest absolute Gasteiger partial charge is 0.336 e. The molecule has 2 aromatic carbocycles. The minimum Gasteiger partial charge on any atom is -0.336 e. The second-order valence-corrected chi connectivity index (χ2v) is 13.9. The summed E-state index contributed by atoms with van der Waals surface area (Å²) in [6.45, 7) is 3.32. The first-order chi connectivity index (χ1) is 20.0. The number of nitrogens with zero attached hydrogens (tertiary/aromatic N) is 4. The van der Waals surface area contributed by atoms with Gasteiger partial charge in [0.15, 0.2) is 0 Å². The molecule has 3 heterocycles. The predicted octanol–water partition coefficient (Wildman–Crippen LogP) is 5.56. The van der Waals surface area contributed by atoms with Crippen molar-refractivity contribution in [2.45, 2.75) is 37.9 Å². The molecule has 2 amide bonds. The Balaban J connectivity index is 1.30. The summed E-state index contributed by atoms with van der Waals surface area (Å²) in [6.07, 6.45) is 0.485. The molecule has 3 aromatic rings. The quantitative estimate of drug-likeness (QED) is 0.408. The normalized spacial score (nSPS) is 21.2. The molecule has 0 atom stereocenters. The Bertz CT molecular complexity index is 1470. The van der Waals surface area contributed by atoms with Gasteiger partial charge >= 0.3 is 6.18 Å². The van der Waals surface area contributed by atoms with Crippen LogP contribution in [-0.2, 0) is 6.18 Å². The van der Waals surface area contributed by atoms with E-state index in [0.717, 1.165) is 25.2 Å². The van der Waals surface area contributed by atoms with Gasteiger partial charge < -0.3 is 14.4 Å². The van der Waals surface area contributed by atoms with E-state index >= 15 is 0 Å². The molecule has 0 spiro atoms. The van der Waals surface area contributed by atoms with Crippen LogP contribution < -0.4 is 0 Å². The number of benzene rings is 2. The molecule has 3 fully saturated rings. The summed E-state index contributed by atoms with van der Waals surface area (Å²) in [4.78, 5) is 33.1. The lowest BCUT2D eigenvalue weighted by Gasteiger charge is -2.40. The summed E-state index contributed by atoms with van der Waals surface area (Å²) in [7, 11) is -2.72. The van der Waals surface area contributed by atoms with Gasteiger partial charge in [0.05, 0.1) is 22.6 Å². The van der Waals surface area contributed by atoms with Crippen molar-refractivity contribution in [3.8, 4) is 5.69 Å². The molecular formula is C30H35F3N4O4S. The van der Waals surface area contributed by atoms with Crippen molar-refractivity contribution >= 4 is 33.3 Å². The van der Waals surface area contributed by atoms with Crippen molar-refractivity contribution < 1.29 is 31.9 Å². The van der Waals surface area contributed by atoms with Gasteiger partial charge in [0, 0.05) is 61.9 Å². The number of amides is 2. The summed E-state index contributed by atoms with van der Waals surface area (Å²) in [5, 5.41) is 0.620. The van der Waals surface area contributed by atoms with Crippen LogP contribution in [0.15, 0.2) is 48.5 Å². The molecule has 2 aliphatic heterocycles. The van der Waals surface area contributed by atoms with Crippen LogP contribution in [0.1, 0.15) is 52.1 Å². The van der Waals surface area contributed by atoms with E-state index in [1.165, 1.54) is 42.7 Å². The van der Waals surface area contributed by atoms with Gasteiger partial charge in [0.2, 0.25) is 0 Å². The molecule has 0 bridgehead atoms. The first-order valence-corrected chi connectivity index (χ1v) is 16.3. The largest absolute Gasteiger partial charge is 0.416 e. The van der Waals surface area contributed by atoms with Crippen molar-refractivity contribution in [3.05, 3.63) is 65.4 Å². The molecule has 3 aliphatic rings. The van der Waals surface area contributed by atoms with E-state index in [1.807, 2.05) is 4.90 Å². The summed E-state index contributed by atoms with van der Waals surface area (Å²) in [5.41, 5.74) is 0.898. The standard InChI is InChI=1S/C30H35F3N4O4S/c31-30(32,33)23-6-8-25(9-7-23)37-26-10-5-21(28(38)35-13-11-34(12-14-35)24-3-1-2-4-24)19-22(26)20-27(37)29(39)36-15-17-42(40,41)18-16-36/h5-10,19-20,24,40-41H,1-4,11-18H2. The van der Waals surface area contributed by atoms with E-state index in [2.05, 4.69) is 4.90 Å². The van der Waals surface area contributed by atoms with Crippen molar-refractivity contribution in [1.82, 2.24) is 19.3 Å². The lowest BCUT2D eigenvalue weighted by atomic mass is 10.1. The highest BCUT2D eigenvalue weighted by Crippen LogP contribution is 2.41. The maximum absolute atomic E-state index is 13.7. The van der Waals surface area contributed by atoms with Gasteiger partial charge in [-0.25, -0.2) is 0 Å². The number of hydrogen-bond donors (Lipinski definition) is 2. The Kier molecular flexibility index (Phi) is 7.75. The van der Waals surface area contributed by atoms with Crippen LogP contribution in [0.3, 0.4) is 0 Å². The Morgan fingerprint density at radius 2 is 1.40 bits per heavy atom. The molecule has 1 aromatic heterocycles. The van der Waals surface area contributed by atoms with Crippen molar-refractivity contribution in [2.75, 3.05) is 50.8 Å². The average Bonchev–Trinajstić information content (AvgIpc) is 3.64. The predicted molar refractivity (Wildman–Crippen MR) is 156 cm³/mol. The van der Waals surface area contributed by atoms with Crippen molar-refractivity contribution in [3.63, 3.8) is 0 Å². The Morgan fingerprint density at radius 1 is 0.786 bits per heavy atom. The van der Waals surface area contributed by atoms with Crippen LogP contribution in [-0.4, -0.2) is 97.0 Å². The second kappa shape index (κ2) is 11.2. The second-order valence-electron chi connectivity index (χ2n) is 11.5. The van der Waals surface area contributed by atoms with Crippen LogP contribution in [0.2, 0.25) is 0 Å². The molecule has 2 N–H and O–H groups in total. The molecule has 2 saturated heterocycles. The minimum atomic E-state index is -4.50. The molecular weight excluding hydrogens is 569 g/mol. The van der Waals surface area contributed by atoms with Gasteiger partial charge in [0.1, 0.15) is 5.69 Å². The molecule has 226 valence electrons. The van der Waals surface area contributed by atoms with E-state index < -0.39 is 22.3 Å². The van der Waals surface area contributed by atoms with Gasteiger partial charge in [-0.1, -0.05) is 12.8 Å². The van der Waals surface area contributed by atoms with Gasteiger partial charge in [-0.3, -0.25) is 23.6 Å². The topological polar surface area (TPSA) is 89.2 Å². The van der Waals surface area contributed by atoms with E-state index in [0.29, 0.717) is 41.3 Å². The zero-order valence-corrected chi connectivity index (χ0v) is 24.0. The fraction of sp³-hybridized carbons (Fsp3) is 0.467. The monoisotopic (exact) mass is 604 g/mol. The third-order valence-electron chi connectivity index (χ3n) is 8.83. The summed E-state index contributed by atoms with van der Waals surface area (Å²) in [5.74, 6) is -0.297. The number of alkyl halides is 3. The summed E-state index contributed by atoms with van der Waals surface area (Å²) < 4.78 is 61.4. The van der Waals surface area contributed by atoms with Crippen LogP contribution in [0.5, 0.6) is 0 Å². The lowest BCUT2D eigenvalue weighted by Crippen LogP contribution is -2.51. The highest BCUT2D eigenvalue weighted by molar-refractivity contribution is 8.24. The average molecular weight is 605 g/mol. The van der Waals surface area contributed by atoms with Crippen LogP contribution in [0.25, 0.3) is 16.6 Å². The maximum Gasteiger partial charge on any atom is 0.416 e. The molecule has 42 heavy (non-hydrogen) atoms. The molecule has 0 unspecified atom stereocenters. The fourth-order valence-corrected chi connectivity index (χ4v) is 7.65. The van der Waals surface area contributed by atoms with Crippen LogP contribution >= 0.6 is 10.6 Å². The minimum absolute atomic E-state index is 0.0753. The highest BCUT2D eigenvalue weighted by Gasteiger charge is 2.32. The van der Waals surface area contributed by atoms with E-state index in [-0.39, 0.29) is 42.1 Å². The SMILES string of the molecule is O=C(c1ccc2c(c1)cc(C(=O)N1CCS(O)(O)CC1)n2-c1ccc(C(F)(F)F)cc1)N1CCN(C2CCCC2)CC1. The molecule has 1 saturated carbocycles. The number of carbonyl (C=O) groups is 2. The summed E-state index contributed by atoms with van der Waals surface area (Å²) in [6, 6.07) is 12.1. The first kappa shape index (κ1) is 29.0. The lowest BCUT2D eigenvalue weighted by molar-refractivity contribution is -0.137. The number of carbonyl (C=O) groups excluding carboxylic acids is 2. The molecule has 1 aliphatic carbocycles. The maximum atomic E-state index is 13.7. The third kappa shape index (κ3) is 5.77. The number of fused-ring (bicyclic) bond motifs is 1. The van der Waals surface area contributed by atoms with Crippen molar-refractivity contribution in [2.24, 2.45) is 0 Å². The Labute approximate surface area is 244 Å². The van der Waals surface area contributed by atoms with E-state index in [9.17, 15) is 31.9 Å². The Hall–Kier alpha value is -3.06. The van der Waals surface area contributed by atoms with Gasteiger partial charge in [-0.2, -0.15) is 23.8 Å². The van der Waals surface area contributed by atoms with Crippen LogP contribution in [0, 0.1) is 0 Å². The zero-order valence-electron chi connectivity index (χ0n) is 23.2. The number of hydrogen-bond acceptors (Lipinski definition) is 5. The number of piperazine rings is 1. The highest BCUT2D eigenvalue weighted by atomic mass is 32.3. The number of aromatic nitrogens is 1. The third-order valence-corrected chi connectivity index (χ3v) is 10.5.